The highest BCUT2D eigenvalue weighted by Crippen LogP contribution is 2.24. The van der Waals surface area contributed by atoms with Gasteiger partial charge in [-0.15, -0.1) is 0 Å². The molecular weight excluding hydrogens is 308 g/mol. The summed E-state index contributed by atoms with van der Waals surface area (Å²) in [5.74, 6) is 0. The molecule has 6 heteroatoms. The van der Waals surface area contributed by atoms with Gasteiger partial charge >= 0.3 is 0 Å². The number of sulfonamides is 1. The van der Waals surface area contributed by atoms with Crippen LogP contribution in [0.25, 0.3) is 0 Å². The summed E-state index contributed by atoms with van der Waals surface area (Å²) in [6.07, 6.45) is 0. The molecule has 0 saturated heterocycles. The molecule has 0 saturated carbocycles. The third kappa shape index (κ3) is 3.56. The number of nitrogens with zero attached hydrogens (tertiary/aromatic N) is 1. The first kappa shape index (κ1) is 15.8. The van der Waals surface area contributed by atoms with E-state index in [0.717, 1.165) is 11.1 Å². The summed E-state index contributed by atoms with van der Waals surface area (Å²) >= 11 is 5.82. The van der Waals surface area contributed by atoms with Gasteiger partial charge in [0.15, 0.2) is 0 Å². The average molecular weight is 325 g/mol. The molecular formula is C15H17ClN2O2S. The van der Waals surface area contributed by atoms with Crippen LogP contribution in [0.2, 0.25) is 5.02 Å². The first-order valence-corrected chi connectivity index (χ1v) is 8.19. The monoisotopic (exact) mass is 324 g/mol. The van der Waals surface area contributed by atoms with Crippen LogP contribution in [0.3, 0.4) is 0 Å². The van der Waals surface area contributed by atoms with Gasteiger partial charge in [0.2, 0.25) is 10.0 Å². The third-order valence-electron chi connectivity index (χ3n) is 3.17. The predicted octanol–water partition coefficient (Wildman–Crippen LogP) is 3.05. The van der Waals surface area contributed by atoms with E-state index >= 15 is 0 Å². The molecule has 2 aromatic rings. The zero-order valence-electron chi connectivity index (χ0n) is 11.9. The van der Waals surface area contributed by atoms with Crippen molar-refractivity contribution >= 4 is 27.3 Å². The molecule has 4 nitrogen and oxygen atoms in total. The second kappa shape index (κ2) is 6.05. The number of nitrogen functional groups attached to an aromatic ring is 1. The minimum Gasteiger partial charge on any atom is -0.398 e. The third-order valence-corrected chi connectivity index (χ3v) is 5.30. The van der Waals surface area contributed by atoms with E-state index in [9.17, 15) is 8.42 Å². The molecule has 2 N–H and O–H groups in total. The maximum atomic E-state index is 12.6. The Morgan fingerprint density at radius 2 is 1.76 bits per heavy atom. The van der Waals surface area contributed by atoms with Crippen LogP contribution in [0.15, 0.2) is 47.4 Å². The zero-order chi connectivity index (χ0) is 15.6. The molecule has 0 aliphatic carbocycles. The Labute approximate surface area is 130 Å². The Morgan fingerprint density at radius 3 is 2.33 bits per heavy atom. The van der Waals surface area contributed by atoms with Crippen molar-refractivity contribution in [2.75, 3.05) is 12.8 Å². The van der Waals surface area contributed by atoms with Crippen molar-refractivity contribution in [2.24, 2.45) is 0 Å². The lowest BCUT2D eigenvalue weighted by Gasteiger charge is -2.18. The van der Waals surface area contributed by atoms with Gasteiger partial charge in [-0.1, -0.05) is 29.8 Å². The van der Waals surface area contributed by atoms with E-state index in [4.69, 9.17) is 17.3 Å². The van der Waals surface area contributed by atoms with Crippen molar-refractivity contribution in [2.45, 2.75) is 18.4 Å². The summed E-state index contributed by atoms with van der Waals surface area (Å²) in [5.41, 5.74) is 7.88. The number of anilines is 1. The van der Waals surface area contributed by atoms with Gasteiger partial charge in [0.05, 0.1) is 5.69 Å². The summed E-state index contributed by atoms with van der Waals surface area (Å²) in [5, 5.41) is 0.618. The minimum atomic E-state index is -3.62. The Hall–Kier alpha value is -1.56. The molecule has 0 amide bonds. The quantitative estimate of drug-likeness (QED) is 0.879. The molecule has 21 heavy (non-hydrogen) atoms. The van der Waals surface area contributed by atoms with E-state index in [2.05, 4.69) is 0 Å². The Morgan fingerprint density at radius 1 is 1.14 bits per heavy atom. The van der Waals surface area contributed by atoms with Crippen LogP contribution < -0.4 is 5.73 Å². The molecule has 0 radical (unpaired) electrons. The van der Waals surface area contributed by atoms with Crippen LogP contribution in [0.1, 0.15) is 11.1 Å². The Bertz CT molecular complexity index is 743. The first-order valence-electron chi connectivity index (χ1n) is 6.37. The second-order valence-electron chi connectivity index (χ2n) is 4.93. The summed E-state index contributed by atoms with van der Waals surface area (Å²) in [6.45, 7) is 2.12. The maximum absolute atomic E-state index is 12.6. The molecule has 0 aliphatic heterocycles. The lowest BCUT2D eigenvalue weighted by Crippen LogP contribution is -2.27. The van der Waals surface area contributed by atoms with E-state index in [-0.39, 0.29) is 17.1 Å². The normalized spacial score (nSPS) is 11.8. The number of hydrogen-bond acceptors (Lipinski definition) is 3. The summed E-state index contributed by atoms with van der Waals surface area (Å²) in [7, 11) is -2.09. The van der Waals surface area contributed by atoms with Crippen molar-refractivity contribution in [3.63, 3.8) is 0 Å². The molecule has 0 spiro atoms. The van der Waals surface area contributed by atoms with Gasteiger partial charge in [-0.25, -0.2) is 8.42 Å². The van der Waals surface area contributed by atoms with Crippen molar-refractivity contribution in [3.8, 4) is 0 Å². The molecule has 0 aliphatic rings. The summed E-state index contributed by atoms with van der Waals surface area (Å²) in [6, 6.07) is 12.0. The largest absolute Gasteiger partial charge is 0.398 e. The van der Waals surface area contributed by atoms with Gasteiger partial charge in [0.1, 0.15) is 4.90 Å². The maximum Gasteiger partial charge on any atom is 0.245 e. The van der Waals surface area contributed by atoms with Crippen LogP contribution in [0, 0.1) is 6.92 Å². The van der Waals surface area contributed by atoms with E-state index < -0.39 is 10.0 Å². The summed E-state index contributed by atoms with van der Waals surface area (Å²) in [4.78, 5) is 0.129. The fraction of sp³-hybridized carbons (Fsp3) is 0.200. The lowest BCUT2D eigenvalue weighted by molar-refractivity contribution is 0.467. The number of hydrogen-bond donors (Lipinski definition) is 1. The fourth-order valence-electron chi connectivity index (χ4n) is 2.00. The highest BCUT2D eigenvalue weighted by atomic mass is 35.5. The van der Waals surface area contributed by atoms with E-state index in [1.807, 2.05) is 6.92 Å². The molecule has 2 aromatic carbocycles. The minimum absolute atomic E-state index is 0.129. The number of halogens is 1. The van der Waals surface area contributed by atoms with Gasteiger partial charge in [-0.05, 0) is 42.3 Å². The Kier molecular flexibility index (Phi) is 4.56. The van der Waals surface area contributed by atoms with Crippen molar-refractivity contribution < 1.29 is 8.42 Å². The van der Waals surface area contributed by atoms with Crippen LogP contribution in [0.5, 0.6) is 0 Å². The van der Waals surface area contributed by atoms with Crippen LogP contribution in [-0.4, -0.2) is 19.8 Å². The molecule has 0 fully saturated rings. The van der Waals surface area contributed by atoms with Gasteiger partial charge < -0.3 is 5.73 Å². The van der Waals surface area contributed by atoms with Crippen LogP contribution >= 0.6 is 11.6 Å². The number of nitrogens with two attached hydrogens (primary N) is 1. The van der Waals surface area contributed by atoms with Crippen molar-refractivity contribution in [1.82, 2.24) is 4.31 Å². The van der Waals surface area contributed by atoms with E-state index in [0.29, 0.717) is 5.02 Å². The molecule has 0 atom stereocenters. The number of benzene rings is 2. The standard InChI is InChI=1S/C15H17ClN2O2S/c1-11-3-8-15(14(17)9-11)21(19,20)18(2)10-12-4-6-13(16)7-5-12/h3-9H,10,17H2,1-2H3. The molecule has 0 aromatic heterocycles. The SMILES string of the molecule is Cc1ccc(S(=O)(=O)N(C)Cc2ccc(Cl)cc2)c(N)c1. The number of rotatable bonds is 4. The van der Waals surface area contributed by atoms with Gasteiger partial charge in [-0.3, -0.25) is 0 Å². The highest BCUT2D eigenvalue weighted by Gasteiger charge is 2.23. The molecule has 0 heterocycles. The van der Waals surface area contributed by atoms with E-state index in [1.54, 1.807) is 42.5 Å². The zero-order valence-corrected chi connectivity index (χ0v) is 13.4. The molecule has 0 bridgehead atoms. The van der Waals surface area contributed by atoms with Crippen molar-refractivity contribution in [1.29, 1.82) is 0 Å². The lowest BCUT2D eigenvalue weighted by atomic mass is 10.2. The topological polar surface area (TPSA) is 63.4 Å². The smallest absolute Gasteiger partial charge is 0.245 e. The predicted molar refractivity (Wildman–Crippen MR) is 85.7 cm³/mol. The average Bonchev–Trinajstić information content (AvgIpc) is 2.40. The van der Waals surface area contributed by atoms with Gasteiger partial charge in [0.25, 0.3) is 0 Å². The molecule has 112 valence electrons. The second-order valence-corrected chi connectivity index (χ2v) is 7.38. The first-order chi connectivity index (χ1) is 9.80. The van der Waals surface area contributed by atoms with Gasteiger partial charge in [0, 0.05) is 18.6 Å². The fourth-order valence-corrected chi connectivity index (χ4v) is 3.38. The summed E-state index contributed by atoms with van der Waals surface area (Å²) < 4.78 is 26.4. The Balaban J connectivity index is 2.28. The molecule has 0 unspecified atom stereocenters. The van der Waals surface area contributed by atoms with Crippen LogP contribution in [0.4, 0.5) is 5.69 Å². The molecule has 2 rings (SSSR count). The van der Waals surface area contributed by atoms with E-state index in [1.165, 1.54) is 11.4 Å². The van der Waals surface area contributed by atoms with Gasteiger partial charge in [-0.2, -0.15) is 4.31 Å². The van der Waals surface area contributed by atoms with Crippen LogP contribution in [-0.2, 0) is 16.6 Å². The highest BCUT2D eigenvalue weighted by molar-refractivity contribution is 7.89. The number of aryl methyl sites for hydroxylation is 1. The van der Waals surface area contributed by atoms with Crippen molar-refractivity contribution in [3.05, 3.63) is 58.6 Å².